The van der Waals surface area contributed by atoms with Crippen LogP contribution in [0.1, 0.15) is 17.3 Å². The highest BCUT2D eigenvalue weighted by Gasteiger charge is 2.19. The van der Waals surface area contributed by atoms with Crippen LogP contribution in [0, 0.1) is 10.1 Å². The highest BCUT2D eigenvalue weighted by atomic mass is 35.5. The predicted molar refractivity (Wildman–Crippen MR) is 95.2 cm³/mol. The zero-order valence-electron chi connectivity index (χ0n) is 13.2. The van der Waals surface area contributed by atoms with Gasteiger partial charge in [0.15, 0.2) is 6.10 Å². The van der Waals surface area contributed by atoms with Crippen molar-refractivity contribution < 1.29 is 19.2 Å². The van der Waals surface area contributed by atoms with Gasteiger partial charge in [0.1, 0.15) is 0 Å². The Bertz CT molecular complexity index is 777. The number of ketones is 1. The lowest BCUT2D eigenvalue weighted by Crippen LogP contribution is -2.25. The molecule has 0 aliphatic carbocycles. The van der Waals surface area contributed by atoms with Crippen molar-refractivity contribution in [2.24, 2.45) is 0 Å². The molecule has 8 heteroatoms. The summed E-state index contributed by atoms with van der Waals surface area (Å²) in [6.07, 6.45) is -0.911. The fourth-order valence-electron chi connectivity index (χ4n) is 1.94. The van der Waals surface area contributed by atoms with Crippen molar-refractivity contribution in [2.75, 3.05) is 5.75 Å². The van der Waals surface area contributed by atoms with Crippen LogP contribution < -0.4 is 0 Å². The second-order valence-electron chi connectivity index (χ2n) is 5.04. The van der Waals surface area contributed by atoms with Crippen molar-refractivity contribution in [3.63, 3.8) is 0 Å². The summed E-state index contributed by atoms with van der Waals surface area (Å²) in [5, 5.41) is 11.1. The molecule has 6 nitrogen and oxygen atoms in total. The second-order valence-corrected chi connectivity index (χ2v) is 6.53. The van der Waals surface area contributed by atoms with Crippen LogP contribution in [-0.4, -0.2) is 28.5 Å². The fourth-order valence-corrected chi connectivity index (χ4v) is 2.75. The van der Waals surface area contributed by atoms with E-state index in [2.05, 4.69) is 0 Å². The smallest absolute Gasteiger partial charge is 0.316 e. The molecule has 1 atom stereocenters. The minimum Gasteiger partial charge on any atom is -0.454 e. The number of ether oxygens (including phenoxy) is 1. The van der Waals surface area contributed by atoms with E-state index in [1.54, 1.807) is 36.4 Å². The zero-order valence-corrected chi connectivity index (χ0v) is 14.8. The maximum atomic E-state index is 12.2. The molecule has 0 radical (unpaired) electrons. The molecular formula is C17H14ClNO5S. The first-order chi connectivity index (χ1) is 11.9. The Balaban J connectivity index is 1.85. The number of nitrogens with zero attached hydrogens (tertiary/aromatic N) is 1. The SMILES string of the molecule is C[C@H](OC(=O)CSc1ccc([N+](=O)[O-])cc1)C(=O)c1ccc(Cl)cc1. The summed E-state index contributed by atoms with van der Waals surface area (Å²) in [5.41, 5.74) is 0.391. The number of carbonyl (C=O) groups is 2. The van der Waals surface area contributed by atoms with Crippen LogP contribution in [0.4, 0.5) is 5.69 Å². The third kappa shape index (κ3) is 5.58. The Labute approximate surface area is 153 Å². The van der Waals surface area contributed by atoms with E-state index in [1.165, 1.54) is 30.8 Å². The van der Waals surface area contributed by atoms with Gasteiger partial charge in [0.05, 0.1) is 10.7 Å². The number of thioether (sulfide) groups is 1. The molecule has 0 heterocycles. The van der Waals surface area contributed by atoms with Crippen LogP contribution in [0.15, 0.2) is 53.4 Å². The Morgan fingerprint density at radius 1 is 1.16 bits per heavy atom. The van der Waals surface area contributed by atoms with Gasteiger partial charge in [-0.1, -0.05) is 11.6 Å². The van der Waals surface area contributed by atoms with Gasteiger partial charge in [-0.3, -0.25) is 19.7 Å². The van der Waals surface area contributed by atoms with Crippen LogP contribution in [0.3, 0.4) is 0 Å². The molecule has 0 N–H and O–H groups in total. The van der Waals surface area contributed by atoms with Gasteiger partial charge >= 0.3 is 5.97 Å². The quantitative estimate of drug-likeness (QED) is 0.236. The average Bonchev–Trinajstić information content (AvgIpc) is 2.60. The first-order valence-corrected chi connectivity index (χ1v) is 8.59. The summed E-state index contributed by atoms with van der Waals surface area (Å²) in [7, 11) is 0. The number of halogens is 1. The number of esters is 1. The van der Waals surface area contributed by atoms with Crippen LogP contribution in [0.25, 0.3) is 0 Å². The topological polar surface area (TPSA) is 86.5 Å². The van der Waals surface area contributed by atoms with Crippen LogP contribution >= 0.6 is 23.4 Å². The molecule has 130 valence electrons. The third-order valence-corrected chi connectivity index (χ3v) is 4.45. The van der Waals surface area contributed by atoms with Gasteiger partial charge in [-0.05, 0) is 43.3 Å². The van der Waals surface area contributed by atoms with E-state index in [-0.39, 0.29) is 17.2 Å². The molecule has 0 aromatic heterocycles. The van der Waals surface area contributed by atoms with Gasteiger partial charge in [0.25, 0.3) is 5.69 Å². The average molecular weight is 380 g/mol. The molecule has 0 fully saturated rings. The van der Waals surface area contributed by atoms with Crippen molar-refractivity contribution in [3.8, 4) is 0 Å². The maximum Gasteiger partial charge on any atom is 0.316 e. The zero-order chi connectivity index (χ0) is 18.4. The largest absolute Gasteiger partial charge is 0.454 e. The van der Waals surface area contributed by atoms with Crippen LogP contribution in [0.2, 0.25) is 5.02 Å². The summed E-state index contributed by atoms with van der Waals surface area (Å²) in [6, 6.07) is 12.2. The monoisotopic (exact) mass is 379 g/mol. The molecule has 0 aliphatic rings. The Morgan fingerprint density at radius 3 is 2.32 bits per heavy atom. The number of carbonyl (C=O) groups excluding carboxylic acids is 2. The number of benzene rings is 2. The van der Waals surface area contributed by atoms with Gasteiger partial charge in [-0.25, -0.2) is 0 Å². The first kappa shape index (κ1) is 19.0. The number of nitro groups is 1. The lowest BCUT2D eigenvalue weighted by molar-refractivity contribution is -0.384. The number of non-ortho nitro benzene ring substituents is 1. The number of hydrogen-bond acceptors (Lipinski definition) is 6. The van der Waals surface area contributed by atoms with Gasteiger partial charge < -0.3 is 4.74 Å². The van der Waals surface area contributed by atoms with E-state index < -0.39 is 17.0 Å². The molecule has 0 saturated carbocycles. The Morgan fingerprint density at radius 2 is 1.76 bits per heavy atom. The van der Waals surface area contributed by atoms with Gasteiger partial charge in [0.2, 0.25) is 5.78 Å². The number of nitro benzene ring substituents is 1. The van der Waals surface area contributed by atoms with Crippen LogP contribution in [0.5, 0.6) is 0 Å². The predicted octanol–water partition coefficient (Wildman–Crippen LogP) is 4.15. The van der Waals surface area contributed by atoms with Crippen molar-refractivity contribution in [2.45, 2.75) is 17.9 Å². The third-order valence-electron chi connectivity index (χ3n) is 3.21. The molecule has 2 aromatic rings. The molecule has 0 saturated heterocycles. The minimum atomic E-state index is -0.911. The summed E-state index contributed by atoms with van der Waals surface area (Å²) >= 11 is 6.94. The maximum absolute atomic E-state index is 12.2. The van der Waals surface area contributed by atoms with Gasteiger partial charge in [0, 0.05) is 27.6 Å². The first-order valence-electron chi connectivity index (χ1n) is 7.23. The molecule has 2 aromatic carbocycles. The van der Waals surface area contributed by atoms with Crippen LogP contribution in [-0.2, 0) is 9.53 Å². The molecule has 0 bridgehead atoms. The molecule has 0 unspecified atom stereocenters. The molecular weight excluding hydrogens is 366 g/mol. The van der Waals surface area contributed by atoms with E-state index >= 15 is 0 Å². The molecule has 0 spiro atoms. The normalized spacial score (nSPS) is 11.6. The van der Waals surface area contributed by atoms with E-state index in [4.69, 9.17) is 16.3 Å². The molecule has 0 amide bonds. The van der Waals surface area contributed by atoms with E-state index in [0.717, 1.165) is 0 Å². The van der Waals surface area contributed by atoms with Gasteiger partial charge in [-0.2, -0.15) is 0 Å². The van der Waals surface area contributed by atoms with Crippen molar-refractivity contribution in [1.29, 1.82) is 0 Å². The number of Topliss-reactive ketones (excluding diaryl/α,β-unsaturated/α-hetero) is 1. The molecule has 0 aliphatic heterocycles. The fraction of sp³-hybridized carbons (Fsp3) is 0.176. The molecule has 2 rings (SSSR count). The minimum absolute atomic E-state index is 0.00392. The van der Waals surface area contributed by atoms with E-state index in [1.807, 2.05) is 0 Å². The lowest BCUT2D eigenvalue weighted by atomic mass is 10.1. The number of rotatable bonds is 7. The highest BCUT2D eigenvalue weighted by molar-refractivity contribution is 8.00. The highest BCUT2D eigenvalue weighted by Crippen LogP contribution is 2.21. The van der Waals surface area contributed by atoms with E-state index in [9.17, 15) is 19.7 Å². The van der Waals surface area contributed by atoms with Gasteiger partial charge in [-0.15, -0.1) is 11.8 Å². The van der Waals surface area contributed by atoms with Crippen molar-refractivity contribution in [1.82, 2.24) is 0 Å². The lowest BCUT2D eigenvalue weighted by Gasteiger charge is -2.12. The summed E-state index contributed by atoms with van der Waals surface area (Å²) in [6.45, 7) is 1.51. The summed E-state index contributed by atoms with van der Waals surface area (Å²) in [4.78, 5) is 34.8. The van der Waals surface area contributed by atoms with Crippen molar-refractivity contribution >= 4 is 40.8 Å². The summed E-state index contributed by atoms with van der Waals surface area (Å²) in [5.74, 6) is -0.862. The second kappa shape index (κ2) is 8.64. The summed E-state index contributed by atoms with van der Waals surface area (Å²) < 4.78 is 5.13. The van der Waals surface area contributed by atoms with Crippen molar-refractivity contribution in [3.05, 3.63) is 69.2 Å². The standard InChI is InChI=1S/C17H14ClNO5S/c1-11(17(21)12-2-4-13(18)5-3-12)24-16(20)10-25-15-8-6-14(7-9-15)19(22)23/h2-9,11H,10H2,1H3/t11-/m0/s1. The van der Waals surface area contributed by atoms with E-state index in [0.29, 0.717) is 15.5 Å². The number of hydrogen-bond donors (Lipinski definition) is 0. The Hall–Kier alpha value is -2.38. The Kier molecular flexibility index (Phi) is 6.55. The molecule has 25 heavy (non-hydrogen) atoms.